The molecule has 0 bridgehead atoms. The summed E-state index contributed by atoms with van der Waals surface area (Å²) < 4.78 is 0. The highest BCUT2D eigenvalue weighted by Crippen LogP contribution is 2.38. The van der Waals surface area contributed by atoms with Crippen LogP contribution in [0.25, 0.3) is 0 Å². The first-order chi connectivity index (χ1) is 13.6. The van der Waals surface area contributed by atoms with Gasteiger partial charge in [-0.1, -0.05) is 72.8 Å². The highest BCUT2D eigenvalue weighted by molar-refractivity contribution is 6.13. The summed E-state index contributed by atoms with van der Waals surface area (Å²) in [6.45, 7) is 1.95. The fourth-order valence-electron chi connectivity index (χ4n) is 3.58. The van der Waals surface area contributed by atoms with Crippen molar-refractivity contribution in [2.75, 3.05) is 5.01 Å². The van der Waals surface area contributed by atoms with Crippen molar-refractivity contribution < 1.29 is 4.79 Å². The van der Waals surface area contributed by atoms with Crippen LogP contribution < -0.4 is 5.01 Å². The molecule has 28 heavy (non-hydrogen) atoms. The number of hydrogen-bond donors (Lipinski definition) is 0. The molecule has 4 nitrogen and oxygen atoms in total. The molecule has 0 saturated heterocycles. The van der Waals surface area contributed by atoms with Gasteiger partial charge in [-0.3, -0.25) is 4.79 Å². The van der Waals surface area contributed by atoms with Crippen LogP contribution in [0, 0.1) is 11.3 Å². The highest BCUT2D eigenvalue weighted by atomic mass is 16.2. The van der Waals surface area contributed by atoms with Gasteiger partial charge in [0.2, 0.25) is 0 Å². The maximum Gasteiger partial charge on any atom is 0.258 e. The Morgan fingerprint density at radius 2 is 1.54 bits per heavy atom. The standard InChI is InChI=1S/C24H19N3O/c1-24(20-13-6-3-7-14-20)16-21(18-10-4-2-5-11-18)26-27(23(24)28)22-15-9-8-12-19(22)17-25/h2-15H,16H2,1H3. The summed E-state index contributed by atoms with van der Waals surface area (Å²) in [5.41, 5.74) is 2.87. The SMILES string of the molecule is CC1(c2ccccc2)CC(c2ccccc2)=NN(c2ccccc2C#N)C1=O. The minimum Gasteiger partial charge on any atom is -0.272 e. The molecule has 1 atom stereocenters. The summed E-state index contributed by atoms with van der Waals surface area (Å²) in [5, 5.41) is 15.6. The fourth-order valence-corrected chi connectivity index (χ4v) is 3.58. The molecule has 0 N–H and O–H groups in total. The third-order valence-corrected chi connectivity index (χ3v) is 5.18. The van der Waals surface area contributed by atoms with E-state index < -0.39 is 5.41 Å². The van der Waals surface area contributed by atoms with Crippen LogP contribution >= 0.6 is 0 Å². The Morgan fingerprint density at radius 3 is 2.21 bits per heavy atom. The molecular formula is C24H19N3O. The average Bonchev–Trinajstić information content (AvgIpc) is 2.77. The van der Waals surface area contributed by atoms with Crippen LogP contribution in [0.4, 0.5) is 5.69 Å². The summed E-state index contributed by atoms with van der Waals surface area (Å²) in [7, 11) is 0. The largest absolute Gasteiger partial charge is 0.272 e. The second kappa shape index (κ2) is 7.13. The third-order valence-electron chi connectivity index (χ3n) is 5.18. The normalized spacial score (nSPS) is 19.1. The van der Waals surface area contributed by atoms with Crippen molar-refractivity contribution in [3.05, 3.63) is 102 Å². The fraction of sp³-hybridized carbons (Fsp3) is 0.125. The molecule has 0 fully saturated rings. The molecule has 136 valence electrons. The van der Waals surface area contributed by atoms with E-state index >= 15 is 0 Å². The Morgan fingerprint density at radius 1 is 0.929 bits per heavy atom. The van der Waals surface area contributed by atoms with E-state index in [-0.39, 0.29) is 5.91 Å². The van der Waals surface area contributed by atoms with Crippen molar-refractivity contribution in [2.24, 2.45) is 5.10 Å². The van der Waals surface area contributed by atoms with Gasteiger partial charge in [-0.05, 0) is 30.2 Å². The van der Waals surface area contributed by atoms with Gasteiger partial charge in [0.25, 0.3) is 5.91 Å². The molecule has 0 spiro atoms. The van der Waals surface area contributed by atoms with Crippen molar-refractivity contribution in [3.8, 4) is 6.07 Å². The van der Waals surface area contributed by atoms with E-state index in [0.717, 1.165) is 16.8 Å². The van der Waals surface area contributed by atoms with Crippen LogP contribution in [0.2, 0.25) is 0 Å². The second-order valence-corrected chi connectivity index (χ2v) is 7.03. The Labute approximate surface area is 164 Å². The predicted molar refractivity (Wildman–Crippen MR) is 110 cm³/mol. The van der Waals surface area contributed by atoms with Gasteiger partial charge >= 0.3 is 0 Å². The van der Waals surface area contributed by atoms with Gasteiger partial charge in [-0.2, -0.15) is 15.4 Å². The Balaban J connectivity index is 1.91. The number of carbonyl (C=O) groups excluding carboxylic acids is 1. The average molecular weight is 365 g/mol. The molecule has 3 aromatic rings. The molecule has 1 unspecified atom stereocenters. The van der Waals surface area contributed by atoms with Gasteiger partial charge in [-0.25, -0.2) is 0 Å². The molecule has 1 aliphatic rings. The Hall–Kier alpha value is -3.71. The molecule has 0 saturated carbocycles. The van der Waals surface area contributed by atoms with Gasteiger partial charge < -0.3 is 0 Å². The van der Waals surface area contributed by atoms with E-state index in [9.17, 15) is 10.1 Å². The van der Waals surface area contributed by atoms with Crippen LogP contribution in [-0.4, -0.2) is 11.6 Å². The topological polar surface area (TPSA) is 56.5 Å². The van der Waals surface area contributed by atoms with E-state index in [2.05, 4.69) is 11.2 Å². The van der Waals surface area contributed by atoms with Crippen LogP contribution in [0.1, 0.15) is 30.0 Å². The van der Waals surface area contributed by atoms with Crippen LogP contribution in [0.3, 0.4) is 0 Å². The lowest BCUT2D eigenvalue weighted by molar-refractivity contribution is -0.123. The van der Waals surface area contributed by atoms with Crippen LogP contribution in [-0.2, 0) is 10.2 Å². The Bertz CT molecular complexity index is 1080. The minimum atomic E-state index is -0.781. The van der Waals surface area contributed by atoms with Crippen molar-refractivity contribution >= 4 is 17.3 Å². The molecule has 4 rings (SSSR count). The molecule has 0 radical (unpaired) electrons. The summed E-state index contributed by atoms with van der Waals surface area (Å²) in [5.74, 6) is -0.138. The predicted octanol–water partition coefficient (Wildman–Crippen LogP) is 4.66. The lowest BCUT2D eigenvalue weighted by Gasteiger charge is -2.37. The first-order valence-electron chi connectivity index (χ1n) is 9.15. The summed E-state index contributed by atoms with van der Waals surface area (Å²) in [6, 6.07) is 28.9. The van der Waals surface area contributed by atoms with Crippen molar-refractivity contribution in [1.29, 1.82) is 5.26 Å². The van der Waals surface area contributed by atoms with Crippen molar-refractivity contribution in [3.63, 3.8) is 0 Å². The molecule has 3 aromatic carbocycles. The highest BCUT2D eigenvalue weighted by Gasteiger charge is 2.44. The molecule has 4 heteroatoms. The summed E-state index contributed by atoms with van der Waals surface area (Å²) >= 11 is 0. The van der Waals surface area contributed by atoms with Gasteiger partial charge in [0.05, 0.1) is 22.4 Å². The zero-order valence-corrected chi connectivity index (χ0v) is 15.5. The van der Waals surface area contributed by atoms with Gasteiger partial charge in [0.1, 0.15) is 6.07 Å². The van der Waals surface area contributed by atoms with Crippen LogP contribution in [0.15, 0.2) is 90.0 Å². The first-order valence-corrected chi connectivity index (χ1v) is 9.15. The number of benzene rings is 3. The van der Waals surface area contributed by atoms with Crippen LogP contribution in [0.5, 0.6) is 0 Å². The van der Waals surface area contributed by atoms with E-state index in [1.165, 1.54) is 5.01 Å². The van der Waals surface area contributed by atoms with Gasteiger partial charge in [0, 0.05) is 6.42 Å². The lowest BCUT2D eigenvalue weighted by Crippen LogP contribution is -2.49. The number of carbonyl (C=O) groups is 1. The number of nitriles is 1. The monoisotopic (exact) mass is 365 g/mol. The van der Waals surface area contributed by atoms with Crippen molar-refractivity contribution in [1.82, 2.24) is 0 Å². The number of amides is 1. The molecule has 1 heterocycles. The van der Waals surface area contributed by atoms with Gasteiger partial charge in [0.15, 0.2) is 0 Å². The molecule has 0 aliphatic carbocycles. The van der Waals surface area contributed by atoms with E-state index in [1.54, 1.807) is 18.2 Å². The minimum absolute atomic E-state index is 0.138. The summed E-state index contributed by atoms with van der Waals surface area (Å²) in [4.78, 5) is 13.6. The number of rotatable bonds is 3. The third kappa shape index (κ3) is 2.97. The second-order valence-electron chi connectivity index (χ2n) is 7.03. The van der Waals surface area contributed by atoms with Gasteiger partial charge in [-0.15, -0.1) is 0 Å². The number of nitrogens with zero attached hydrogens (tertiary/aromatic N) is 3. The van der Waals surface area contributed by atoms with Crippen molar-refractivity contribution in [2.45, 2.75) is 18.8 Å². The quantitative estimate of drug-likeness (QED) is 0.678. The first kappa shape index (κ1) is 17.7. The lowest BCUT2D eigenvalue weighted by atomic mass is 9.75. The zero-order valence-electron chi connectivity index (χ0n) is 15.5. The summed E-state index contributed by atoms with van der Waals surface area (Å²) in [6.07, 6.45) is 0.491. The van der Waals surface area contributed by atoms with E-state index in [1.807, 2.05) is 73.7 Å². The number of anilines is 1. The number of hydrogen-bond acceptors (Lipinski definition) is 3. The smallest absolute Gasteiger partial charge is 0.258 e. The maximum absolute atomic E-state index is 13.6. The molecule has 1 aliphatic heterocycles. The Kier molecular flexibility index (Phi) is 4.50. The molecular weight excluding hydrogens is 346 g/mol. The molecule has 0 aromatic heterocycles. The number of hydrazone groups is 1. The maximum atomic E-state index is 13.6. The zero-order chi connectivity index (χ0) is 19.6. The number of para-hydroxylation sites is 1. The van der Waals surface area contributed by atoms with E-state index in [4.69, 9.17) is 0 Å². The molecule has 1 amide bonds. The van der Waals surface area contributed by atoms with E-state index in [0.29, 0.717) is 17.7 Å².